The zero-order valence-electron chi connectivity index (χ0n) is 11.9. The first-order valence-corrected chi connectivity index (χ1v) is 7.22. The van der Waals surface area contributed by atoms with Crippen molar-refractivity contribution in [2.24, 2.45) is 5.92 Å². The number of carboxylic acid groups (broad SMARTS) is 1. The van der Waals surface area contributed by atoms with Crippen molar-refractivity contribution in [3.8, 4) is 0 Å². The van der Waals surface area contributed by atoms with Gasteiger partial charge in [-0.1, -0.05) is 29.8 Å². The number of amides is 1. The van der Waals surface area contributed by atoms with Gasteiger partial charge in [-0.3, -0.25) is 4.79 Å². The molecule has 1 atom stereocenters. The first kappa shape index (κ1) is 18.5. The van der Waals surface area contributed by atoms with E-state index in [1.54, 1.807) is 13.8 Å². The predicted molar refractivity (Wildman–Crippen MR) is 77.5 cm³/mol. The number of alkyl halides is 3. The Kier molecular flexibility index (Phi) is 5.99. The van der Waals surface area contributed by atoms with E-state index in [9.17, 15) is 22.8 Å². The molecule has 2 N–H and O–H groups in total. The number of carbonyl (C=O) groups is 2. The second kappa shape index (κ2) is 7.13. The van der Waals surface area contributed by atoms with Gasteiger partial charge in [0.15, 0.2) is 0 Å². The van der Waals surface area contributed by atoms with E-state index in [2.05, 4.69) is 21.2 Å². The number of benzene rings is 1. The van der Waals surface area contributed by atoms with Crippen LogP contribution in [0, 0.1) is 5.92 Å². The summed E-state index contributed by atoms with van der Waals surface area (Å²) in [5.74, 6) is -2.38. The summed E-state index contributed by atoms with van der Waals surface area (Å²) in [6.45, 7) is 3.51. The fourth-order valence-electron chi connectivity index (χ4n) is 1.88. The van der Waals surface area contributed by atoms with Gasteiger partial charge in [-0.15, -0.1) is 0 Å². The van der Waals surface area contributed by atoms with Gasteiger partial charge in [-0.05, 0) is 30.5 Å². The molecule has 0 heterocycles. The van der Waals surface area contributed by atoms with Gasteiger partial charge in [0.25, 0.3) is 5.91 Å². The fourth-order valence-corrected chi connectivity index (χ4v) is 2.24. The van der Waals surface area contributed by atoms with Gasteiger partial charge in [0.2, 0.25) is 0 Å². The van der Waals surface area contributed by atoms with Crippen LogP contribution in [-0.4, -0.2) is 23.0 Å². The Balaban J connectivity index is 3.10. The van der Waals surface area contributed by atoms with Crippen LogP contribution in [0.4, 0.5) is 13.2 Å². The zero-order chi connectivity index (χ0) is 17.1. The Morgan fingerprint density at radius 2 is 1.91 bits per heavy atom. The molecule has 1 rings (SSSR count). The van der Waals surface area contributed by atoms with Crippen LogP contribution in [0.1, 0.15) is 36.2 Å². The minimum absolute atomic E-state index is 0.0339. The minimum atomic E-state index is -4.72. The minimum Gasteiger partial charge on any atom is -0.480 e. The molecule has 0 bridgehead atoms. The number of hydrogen-bond donors (Lipinski definition) is 2. The van der Waals surface area contributed by atoms with Gasteiger partial charge in [0.1, 0.15) is 6.04 Å². The topological polar surface area (TPSA) is 66.4 Å². The van der Waals surface area contributed by atoms with E-state index in [0.717, 1.165) is 12.1 Å². The molecule has 0 radical (unpaired) electrons. The number of halogens is 4. The molecule has 0 spiro atoms. The highest BCUT2D eigenvalue weighted by molar-refractivity contribution is 9.10. The largest absolute Gasteiger partial charge is 0.480 e. The molecule has 1 aromatic rings. The molecule has 0 fully saturated rings. The summed E-state index contributed by atoms with van der Waals surface area (Å²) in [5.41, 5.74) is -1.72. The van der Waals surface area contributed by atoms with Crippen molar-refractivity contribution in [2.45, 2.75) is 32.5 Å². The van der Waals surface area contributed by atoms with Gasteiger partial charge in [-0.2, -0.15) is 13.2 Å². The van der Waals surface area contributed by atoms with Gasteiger partial charge in [0.05, 0.1) is 11.1 Å². The van der Waals surface area contributed by atoms with E-state index in [4.69, 9.17) is 5.11 Å². The first-order chi connectivity index (χ1) is 10.0. The number of aliphatic carboxylic acids is 1. The highest BCUT2D eigenvalue weighted by Crippen LogP contribution is 2.33. The van der Waals surface area contributed by atoms with Crippen molar-refractivity contribution < 1.29 is 27.9 Å². The van der Waals surface area contributed by atoms with E-state index in [1.807, 2.05) is 0 Å². The van der Waals surface area contributed by atoms with Crippen molar-refractivity contribution >= 4 is 27.8 Å². The summed E-state index contributed by atoms with van der Waals surface area (Å²) in [5, 5.41) is 11.2. The molecule has 0 aliphatic heterocycles. The van der Waals surface area contributed by atoms with Crippen molar-refractivity contribution in [1.29, 1.82) is 0 Å². The maximum atomic E-state index is 13.0. The molecule has 0 unspecified atom stereocenters. The molecule has 0 saturated carbocycles. The highest BCUT2D eigenvalue weighted by atomic mass is 79.9. The zero-order valence-corrected chi connectivity index (χ0v) is 13.5. The summed E-state index contributed by atoms with van der Waals surface area (Å²) in [7, 11) is 0. The summed E-state index contributed by atoms with van der Waals surface area (Å²) in [4.78, 5) is 23.1. The quantitative estimate of drug-likeness (QED) is 0.816. The molecule has 4 nitrogen and oxygen atoms in total. The van der Waals surface area contributed by atoms with Crippen LogP contribution in [0.25, 0.3) is 0 Å². The van der Waals surface area contributed by atoms with Crippen molar-refractivity contribution in [3.63, 3.8) is 0 Å². The van der Waals surface area contributed by atoms with E-state index < -0.39 is 35.2 Å². The molecular formula is C14H15BrF3NO3. The van der Waals surface area contributed by atoms with Crippen molar-refractivity contribution in [1.82, 2.24) is 5.32 Å². The van der Waals surface area contributed by atoms with Crippen LogP contribution in [0.2, 0.25) is 0 Å². The molecule has 0 aliphatic carbocycles. The average molecular weight is 382 g/mol. The average Bonchev–Trinajstić information content (AvgIpc) is 2.35. The Hall–Kier alpha value is -1.57. The lowest BCUT2D eigenvalue weighted by Gasteiger charge is -2.18. The molecule has 8 heteroatoms. The van der Waals surface area contributed by atoms with Crippen LogP contribution in [0.15, 0.2) is 22.7 Å². The monoisotopic (exact) mass is 381 g/mol. The SMILES string of the molecule is CC(C)C[C@@H](NC(=O)c1ccc(Br)cc1C(F)(F)F)C(=O)O. The third-order valence-electron chi connectivity index (χ3n) is 2.84. The molecule has 0 aliphatic rings. The maximum Gasteiger partial charge on any atom is 0.417 e. The number of rotatable bonds is 5. The van der Waals surface area contributed by atoms with E-state index in [0.29, 0.717) is 0 Å². The summed E-state index contributed by atoms with van der Waals surface area (Å²) >= 11 is 2.92. The van der Waals surface area contributed by atoms with Gasteiger partial charge in [0, 0.05) is 4.47 Å². The lowest BCUT2D eigenvalue weighted by molar-refractivity contribution is -0.139. The Labute approximate surface area is 133 Å². The normalized spacial score (nSPS) is 13.0. The van der Waals surface area contributed by atoms with E-state index >= 15 is 0 Å². The smallest absolute Gasteiger partial charge is 0.417 e. The number of carbonyl (C=O) groups excluding carboxylic acids is 1. The van der Waals surface area contributed by atoms with Gasteiger partial charge in [-0.25, -0.2) is 4.79 Å². The molecule has 122 valence electrons. The van der Waals surface area contributed by atoms with Crippen LogP contribution >= 0.6 is 15.9 Å². The molecular weight excluding hydrogens is 367 g/mol. The third kappa shape index (κ3) is 5.01. The predicted octanol–water partition coefficient (Wildman–Crippen LogP) is 3.70. The van der Waals surface area contributed by atoms with E-state index in [-0.39, 0.29) is 16.8 Å². The van der Waals surface area contributed by atoms with E-state index in [1.165, 1.54) is 6.07 Å². The molecule has 22 heavy (non-hydrogen) atoms. The lowest BCUT2D eigenvalue weighted by atomic mass is 10.0. The lowest BCUT2D eigenvalue weighted by Crippen LogP contribution is -2.42. The summed E-state index contributed by atoms with van der Waals surface area (Å²) in [6, 6.07) is 1.85. The Bertz CT molecular complexity index is 573. The van der Waals surface area contributed by atoms with Crippen LogP contribution in [0.5, 0.6) is 0 Å². The van der Waals surface area contributed by atoms with Crippen molar-refractivity contribution in [3.05, 3.63) is 33.8 Å². The molecule has 0 aromatic heterocycles. The van der Waals surface area contributed by atoms with Gasteiger partial charge < -0.3 is 10.4 Å². The molecule has 1 amide bonds. The molecule has 1 aromatic carbocycles. The van der Waals surface area contributed by atoms with Crippen LogP contribution in [0.3, 0.4) is 0 Å². The first-order valence-electron chi connectivity index (χ1n) is 6.42. The number of hydrogen-bond acceptors (Lipinski definition) is 2. The second-order valence-electron chi connectivity index (χ2n) is 5.18. The Morgan fingerprint density at radius 3 is 2.36 bits per heavy atom. The second-order valence-corrected chi connectivity index (χ2v) is 6.10. The third-order valence-corrected chi connectivity index (χ3v) is 3.34. The van der Waals surface area contributed by atoms with Crippen LogP contribution < -0.4 is 5.32 Å². The van der Waals surface area contributed by atoms with Crippen LogP contribution in [-0.2, 0) is 11.0 Å². The fraction of sp³-hybridized carbons (Fsp3) is 0.429. The number of nitrogens with one attached hydrogen (secondary N) is 1. The number of carboxylic acids is 1. The van der Waals surface area contributed by atoms with Crippen molar-refractivity contribution in [2.75, 3.05) is 0 Å². The highest BCUT2D eigenvalue weighted by Gasteiger charge is 2.36. The molecule has 0 saturated heterocycles. The maximum absolute atomic E-state index is 13.0. The Morgan fingerprint density at radius 1 is 1.32 bits per heavy atom. The summed E-state index contributed by atoms with van der Waals surface area (Å²) in [6.07, 6.45) is -4.59. The standard InChI is InChI=1S/C14H15BrF3NO3/c1-7(2)5-11(13(21)22)19-12(20)9-4-3-8(15)6-10(9)14(16,17)18/h3-4,6-7,11H,5H2,1-2H3,(H,19,20)(H,21,22)/t11-/m1/s1. The van der Waals surface area contributed by atoms with Gasteiger partial charge >= 0.3 is 12.1 Å². The summed E-state index contributed by atoms with van der Waals surface area (Å²) < 4.78 is 39.1.